The molecule has 1 fully saturated rings. The molecule has 152 valence electrons. The van der Waals surface area contributed by atoms with E-state index in [1.807, 2.05) is 18.2 Å². The van der Waals surface area contributed by atoms with Gasteiger partial charge in [-0.1, -0.05) is 12.1 Å². The van der Waals surface area contributed by atoms with Crippen LogP contribution in [-0.4, -0.2) is 37.1 Å². The predicted octanol–water partition coefficient (Wildman–Crippen LogP) is 4.01. The van der Waals surface area contributed by atoms with Crippen LogP contribution in [0.3, 0.4) is 0 Å². The van der Waals surface area contributed by atoms with Gasteiger partial charge in [-0.2, -0.15) is 0 Å². The third kappa shape index (κ3) is 3.63. The largest absolute Gasteiger partial charge is 0.497 e. The molecule has 2 heterocycles. The average Bonchev–Trinajstić information content (AvgIpc) is 3.18. The molecule has 0 N–H and O–H groups in total. The standard InChI is InChI=1S/C23H28BNO4/c1-22(2)23(3,4)29-24(28-22)18-8-7-17-9-10-25(21(17)13-18)15-16-11-19(26-5)14-20(12-16)27-6/h7-14H,15H2,1-6H3. The highest BCUT2D eigenvalue weighted by Gasteiger charge is 2.51. The van der Waals surface area contributed by atoms with E-state index in [1.54, 1.807) is 14.2 Å². The summed E-state index contributed by atoms with van der Waals surface area (Å²) in [6.45, 7) is 9.01. The Bertz CT molecular complexity index is 1000. The molecule has 5 nitrogen and oxygen atoms in total. The molecule has 1 aromatic heterocycles. The fourth-order valence-electron chi connectivity index (χ4n) is 3.62. The van der Waals surface area contributed by atoms with E-state index < -0.39 is 0 Å². The molecule has 0 amide bonds. The highest BCUT2D eigenvalue weighted by molar-refractivity contribution is 6.62. The zero-order valence-electron chi connectivity index (χ0n) is 18.0. The lowest BCUT2D eigenvalue weighted by Gasteiger charge is -2.32. The van der Waals surface area contributed by atoms with Crippen LogP contribution in [0.1, 0.15) is 33.3 Å². The van der Waals surface area contributed by atoms with Crippen LogP contribution < -0.4 is 14.9 Å². The first-order chi connectivity index (χ1) is 13.7. The number of benzene rings is 2. The van der Waals surface area contributed by atoms with Crippen LogP contribution in [0.5, 0.6) is 11.5 Å². The van der Waals surface area contributed by atoms with Crippen molar-refractivity contribution < 1.29 is 18.8 Å². The number of fused-ring (bicyclic) bond motifs is 1. The van der Waals surface area contributed by atoms with E-state index in [-0.39, 0.29) is 18.3 Å². The molecule has 0 bridgehead atoms. The van der Waals surface area contributed by atoms with Crippen LogP contribution in [-0.2, 0) is 15.9 Å². The lowest BCUT2D eigenvalue weighted by Crippen LogP contribution is -2.41. The van der Waals surface area contributed by atoms with Gasteiger partial charge < -0.3 is 23.3 Å². The van der Waals surface area contributed by atoms with E-state index in [0.717, 1.165) is 28.0 Å². The molecule has 1 saturated heterocycles. The number of rotatable bonds is 5. The molecule has 0 unspecified atom stereocenters. The molecular formula is C23H28BNO4. The van der Waals surface area contributed by atoms with E-state index in [9.17, 15) is 0 Å². The van der Waals surface area contributed by atoms with Crippen molar-refractivity contribution in [2.45, 2.75) is 45.4 Å². The summed E-state index contributed by atoms with van der Waals surface area (Å²) in [6.07, 6.45) is 2.10. The molecule has 2 aromatic carbocycles. The highest BCUT2D eigenvalue weighted by atomic mass is 16.7. The molecule has 29 heavy (non-hydrogen) atoms. The minimum absolute atomic E-state index is 0.355. The van der Waals surface area contributed by atoms with Gasteiger partial charge in [-0.25, -0.2) is 0 Å². The van der Waals surface area contributed by atoms with Crippen LogP contribution in [0.25, 0.3) is 10.9 Å². The average molecular weight is 393 g/mol. The molecule has 1 aliphatic heterocycles. The van der Waals surface area contributed by atoms with E-state index >= 15 is 0 Å². The van der Waals surface area contributed by atoms with Gasteiger partial charge in [-0.3, -0.25) is 0 Å². The number of ether oxygens (including phenoxy) is 2. The fourth-order valence-corrected chi connectivity index (χ4v) is 3.62. The molecule has 0 spiro atoms. The maximum atomic E-state index is 6.23. The maximum absolute atomic E-state index is 6.23. The maximum Gasteiger partial charge on any atom is 0.494 e. The van der Waals surface area contributed by atoms with Crippen molar-refractivity contribution in [1.82, 2.24) is 4.57 Å². The Morgan fingerprint density at radius 2 is 1.48 bits per heavy atom. The molecule has 6 heteroatoms. The summed E-state index contributed by atoms with van der Waals surface area (Å²) < 4.78 is 25.5. The lowest BCUT2D eigenvalue weighted by atomic mass is 9.79. The van der Waals surface area contributed by atoms with Crippen LogP contribution in [0.2, 0.25) is 0 Å². The first kappa shape index (κ1) is 19.9. The molecule has 3 aromatic rings. The molecule has 0 atom stereocenters. The van der Waals surface area contributed by atoms with Crippen LogP contribution >= 0.6 is 0 Å². The van der Waals surface area contributed by atoms with Crippen molar-refractivity contribution in [1.29, 1.82) is 0 Å². The Morgan fingerprint density at radius 1 is 0.862 bits per heavy atom. The Hall–Kier alpha value is -2.44. The SMILES string of the molecule is COc1cc(Cn2ccc3ccc(B4OC(C)(C)C(C)(C)O4)cc32)cc(OC)c1. The normalized spacial score (nSPS) is 17.7. The third-order valence-electron chi connectivity index (χ3n) is 6.09. The summed E-state index contributed by atoms with van der Waals surface area (Å²) in [6, 6.07) is 14.4. The summed E-state index contributed by atoms with van der Waals surface area (Å²) in [4.78, 5) is 0. The highest BCUT2D eigenvalue weighted by Crippen LogP contribution is 2.36. The number of hydrogen-bond acceptors (Lipinski definition) is 4. The van der Waals surface area contributed by atoms with Crippen molar-refractivity contribution >= 4 is 23.5 Å². The second-order valence-corrected chi connectivity index (χ2v) is 8.57. The molecular weight excluding hydrogens is 365 g/mol. The lowest BCUT2D eigenvalue weighted by molar-refractivity contribution is 0.00578. The summed E-state index contributed by atoms with van der Waals surface area (Å²) in [5, 5.41) is 1.18. The van der Waals surface area contributed by atoms with Crippen molar-refractivity contribution in [3.05, 3.63) is 54.2 Å². The number of hydrogen-bond donors (Lipinski definition) is 0. The Balaban J connectivity index is 1.67. The first-order valence-electron chi connectivity index (χ1n) is 9.89. The van der Waals surface area contributed by atoms with Gasteiger partial charge in [0, 0.05) is 24.3 Å². The quantitative estimate of drug-likeness (QED) is 0.615. The van der Waals surface area contributed by atoms with Crippen molar-refractivity contribution in [3.63, 3.8) is 0 Å². The van der Waals surface area contributed by atoms with Crippen LogP contribution in [0.4, 0.5) is 0 Å². The molecule has 0 saturated carbocycles. The monoisotopic (exact) mass is 393 g/mol. The van der Waals surface area contributed by atoms with Crippen molar-refractivity contribution in [2.75, 3.05) is 14.2 Å². The van der Waals surface area contributed by atoms with E-state index in [1.165, 1.54) is 5.39 Å². The number of aromatic nitrogens is 1. The summed E-state index contributed by atoms with van der Waals surface area (Å²) >= 11 is 0. The van der Waals surface area contributed by atoms with Crippen LogP contribution in [0.15, 0.2) is 48.7 Å². The number of methoxy groups -OCH3 is 2. The fraction of sp³-hybridized carbons (Fsp3) is 0.391. The van der Waals surface area contributed by atoms with Gasteiger partial charge in [-0.05, 0) is 68.4 Å². The summed E-state index contributed by atoms with van der Waals surface area (Å²) in [5.74, 6) is 1.57. The minimum Gasteiger partial charge on any atom is -0.497 e. The second-order valence-electron chi connectivity index (χ2n) is 8.57. The van der Waals surface area contributed by atoms with E-state index in [2.05, 4.69) is 62.7 Å². The summed E-state index contributed by atoms with van der Waals surface area (Å²) in [5.41, 5.74) is 2.57. The topological polar surface area (TPSA) is 41.9 Å². The predicted molar refractivity (Wildman–Crippen MR) is 116 cm³/mol. The Kier molecular flexibility index (Phi) is 4.87. The second kappa shape index (κ2) is 7.11. The molecule has 1 aliphatic rings. The smallest absolute Gasteiger partial charge is 0.494 e. The van der Waals surface area contributed by atoms with Crippen molar-refractivity contribution in [3.8, 4) is 11.5 Å². The van der Waals surface area contributed by atoms with E-state index in [0.29, 0.717) is 6.54 Å². The molecule has 4 rings (SSSR count). The first-order valence-corrected chi connectivity index (χ1v) is 9.89. The Morgan fingerprint density at radius 3 is 2.07 bits per heavy atom. The van der Waals surface area contributed by atoms with Gasteiger partial charge in [-0.15, -0.1) is 0 Å². The van der Waals surface area contributed by atoms with Gasteiger partial charge in [0.25, 0.3) is 0 Å². The van der Waals surface area contributed by atoms with E-state index in [4.69, 9.17) is 18.8 Å². The minimum atomic E-state index is -0.371. The van der Waals surface area contributed by atoms with Crippen molar-refractivity contribution in [2.24, 2.45) is 0 Å². The zero-order valence-corrected chi connectivity index (χ0v) is 18.0. The van der Waals surface area contributed by atoms with Gasteiger partial charge in [0.15, 0.2) is 0 Å². The molecule has 0 aliphatic carbocycles. The molecule has 0 radical (unpaired) electrons. The van der Waals surface area contributed by atoms with Gasteiger partial charge >= 0.3 is 7.12 Å². The Labute approximate surface area is 172 Å². The van der Waals surface area contributed by atoms with Gasteiger partial charge in [0.05, 0.1) is 25.4 Å². The summed E-state index contributed by atoms with van der Waals surface area (Å²) in [7, 11) is 2.96. The zero-order chi connectivity index (χ0) is 20.8. The van der Waals surface area contributed by atoms with Crippen LogP contribution in [0, 0.1) is 0 Å². The van der Waals surface area contributed by atoms with Gasteiger partial charge in [0.2, 0.25) is 0 Å². The third-order valence-corrected chi connectivity index (χ3v) is 6.09. The van der Waals surface area contributed by atoms with Gasteiger partial charge in [0.1, 0.15) is 11.5 Å². The number of nitrogens with zero attached hydrogens (tertiary/aromatic N) is 1.